The van der Waals surface area contributed by atoms with E-state index in [2.05, 4.69) is 4.98 Å². The number of hydrogen-bond donors (Lipinski definition) is 1. The third-order valence-corrected chi connectivity index (χ3v) is 5.15. The van der Waals surface area contributed by atoms with Crippen molar-refractivity contribution in [1.29, 1.82) is 0 Å². The zero-order chi connectivity index (χ0) is 20.4. The third kappa shape index (κ3) is 7.31. The topological polar surface area (TPSA) is 76.3 Å². The highest BCUT2D eigenvalue weighted by Crippen LogP contribution is 2.27. The zero-order valence-electron chi connectivity index (χ0n) is 16.3. The van der Waals surface area contributed by atoms with Crippen LogP contribution in [0.4, 0.5) is 5.69 Å². The van der Waals surface area contributed by atoms with E-state index in [1.165, 1.54) is 32.1 Å². The van der Waals surface area contributed by atoms with Gasteiger partial charge in [-0.15, -0.1) is 0 Å². The van der Waals surface area contributed by atoms with Crippen molar-refractivity contribution in [3.8, 4) is 0 Å². The molecule has 5 nitrogen and oxygen atoms in total. The fraction of sp³-hybridized carbons (Fsp3) is 0.409. The predicted octanol–water partition coefficient (Wildman–Crippen LogP) is 4.76. The van der Waals surface area contributed by atoms with E-state index in [9.17, 15) is 9.59 Å². The lowest BCUT2D eigenvalue weighted by molar-refractivity contribution is -0.107. The minimum atomic E-state index is -0.483. The molecule has 1 aliphatic rings. The second-order valence-corrected chi connectivity index (χ2v) is 7.54. The van der Waals surface area contributed by atoms with Crippen LogP contribution in [-0.2, 0) is 4.79 Å². The van der Waals surface area contributed by atoms with Crippen LogP contribution in [0.1, 0.15) is 54.7 Å². The second kappa shape index (κ2) is 11.4. The van der Waals surface area contributed by atoms with E-state index in [0.717, 1.165) is 36.7 Å². The first kappa shape index (κ1) is 21.9. The number of primary amides is 1. The van der Waals surface area contributed by atoms with Crippen LogP contribution in [0.5, 0.6) is 0 Å². The van der Waals surface area contributed by atoms with Crippen molar-refractivity contribution in [2.24, 2.45) is 11.7 Å². The molecular weight excluding hydrogens is 374 g/mol. The molecule has 0 radical (unpaired) electrons. The predicted molar refractivity (Wildman–Crippen MR) is 114 cm³/mol. The summed E-state index contributed by atoms with van der Waals surface area (Å²) in [6.07, 6.45) is 8.73. The van der Waals surface area contributed by atoms with Gasteiger partial charge in [-0.1, -0.05) is 55.8 Å². The van der Waals surface area contributed by atoms with Crippen molar-refractivity contribution in [2.75, 3.05) is 11.4 Å². The molecule has 3 rings (SSSR count). The lowest BCUT2D eigenvalue weighted by atomic mass is 9.87. The first-order valence-corrected chi connectivity index (χ1v) is 10.1. The van der Waals surface area contributed by atoms with Crippen LogP contribution < -0.4 is 10.6 Å². The molecule has 0 aliphatic heterocycles. The number of benzene rings is 1. The molecule has 0 unspecified atom stereocenters. The van der Waals surface area contributed by atoms with Crippen molar-refractivity contribution < 1.29 is 9.59 Å². The zero-order valence-corrected chi connectivity index (χ0v) is 17.1. The molecule has 1 aliphatic carbocycles. The smallest absolute Gasteiger partial charge is 0.267 e. The van der Waals surface area contributed by atoms with Crippen molar-refractivity contribution in [1.82, 2.24) is 4.98 Å². The van der Waals surface area contributed by atoms with Gasteiger partial charge in [0.25, 0.3) is 5.91 Å². The SMILES string of the molecule is Cc1cccc(C(N)=O)n1.O=CN(CCC1CCCCC1)c1cccc(Cl)c1. The summed E-state index contributed by atoms with van der Waals surface area (Å²) in [7, 11) is 0. The number of halogens is 1. The Morgan fingerprint density at radius 1 is 1.21 bits per heavy atom. The Balaban J connectivity index is 0.000000237. The first-order chi connectivity index (χ1) is 13.5. The Morgan fingerprint density at radius 3 is 2.50 bits per heavy atom. The molecular formula is C22H28ClN3O2. The number of aromatic nitrogens is 1. The first-order valence-electron chi connectivity index (χ1n) is 9.70. The Hall–Kier alpha value is -2.40. The normalized spacial score (nSPS) is 13.9. The number of nitrogens with zero attached hydrogens (tertiary/aromatic N) is 2. The van der Waals surface area contributed by atoms with Gasteiger partial charge in [-0.3, -0.25) is 9.59 Å². The second-order valence-electron chi connectivity index (χ2n) is 7.10. The maximum absolute atomic E-state index is 11.2. The van der Waals surface area contributed by atoms with Gasteiger partial charge in [0.15, 0.2) is 0 Å². The molecule has 2 amide bonds. The average Bonchev–Trinajstić information content (AvgIpc) is 2.70. The molecule has 0 atom stereocenters. The van der Waals surface area contributed by atoms with Crippen LogP contribution in [0.25, 0.3) is 0 Å². The Kier molecular flexibility index (Phi) is 8.95. The van der Waals surface area contributed by atoms with E-state index >= 15 is 0 Å². The molecule has 0 spiro atoms. The molecule has 1 aromatic carbocycles. The quantitative estimate of drug-likeness (QED) is 0.708. The summed E-state index contributed by atoms with van der Waals surface area (Å²) < 4.78 is 0. The van der Waals surface area contributed by atoms with Gasteiger partial charge < -0.3 is 10.6 Å². The summed E-state index contributed by atoms with van der Waals surface area (Å²) in [5.74, 6) is 0.309. The van der Waals surface area contributed by atoms with Gasteiger partial charge in [-0.2, -0.15) is 0 Å². The van der Waals surface area contributed by atoms with Crippen molar-refractivity contribution in [3.63, 3.8) is 0 Å². The molecule has 6 heteroatoms. The number of hydrogen-bond acceptors (Lipinski definition) is 3. The third-order valence-electron chi connectivity index (χ3n) is 4.91. The van der Waals surface area contributed by atoms with Gasteiger partial charge in [0.05, 0.1) is 0 Å². The van der Waals surface area contributed by atoms with Gasteiger partial charge >= 0.3 is 0 Å². The Bertz CT molecular complexity index is 776. The fourth-order valence-electron chi connectivity index (χ4n) is 3.38. The number of carbonyl (C=O) groups excluding carboxylic acids is 2. The van der Waals surface area contributed by atoms with Crippen LogP contribution in [0.15, 0.2) is 42.5 Å². The minimum Gasteiger partial charge on any atom is -0.364 e. The van der Waals surface area contributed by atoms with Crippen molar-refractivity contribution in [2.45, 2.75) is 45.4 Å². The number of amides is 2. The fourth-order valence-corrected chi connectivity index (χ4v) is 3.56. The molecule has 1 heterocycles. The largest absolute Gasteiger partial charge is 0.364 e. The number of anilines is 1. The molecule has 1 fully saturated rings. The summed E-state index contributed by atoms with van der Waals surface area (Å²) >= 11 is 5.95. The monoisotopic (exact) mass is 401 g/mol. The number of rotatable bonds is 6. The molecule has 0 bridgehead atoms. The summed E-state index contributed by atoms with van der Waals surface area (Å²) in [6.45, 7) is 2.61. The van der Waals surface area contributed by atoms with Crippen molar-refractivity contribution >= 4 is 29.6 Å². The van der Waals surface area contributed by atoms with Crippen LogP contribution in [0.2, 0.25) is 5.02 Å². The number of aryl methyl sites for hydroxylation is 1. The summed E-state index contributed by atoms with van der Waals surface area (Å²) in [4.78, 5) is 27.3. The van der Waals surface area contributed by atoms with Gasteiger partial charge in [-0.25, -0.2) is 4.98 Å². The van der Waals surface area contributed by atoms with Crippen LogP contribution in [0.3, 0.4) is 0 Å². The summed E-state index contributed by atoms with van der Waals surface area (Å²) in [6, 6.07) is 12.6. The number of carbonyl (C=O) groups is 2. The Morgan fingerprint density at radius 2 is 1.93 bits per heavy atom. The summed E-state index contributed by atoms with van der Waals surface area (Å²) in [5, 5.41) is 0.678. The molecule has 1 saturated carbocycles. The lowest BCUT2D eigenvalue weighted by Gasteiger charge is -2.24. The maximum atomic E-state index is 11.2. The molecule has 1 aromatic heterocycles. The van der Waals surface area contributed by atoms with E-state index in [1.54, 1.807) is 17.0 Å². The Labute approximate surface area is 171 Å². The molecule has 0 saturated heterocycles. The molecule has 28 heavy (non-hydrogen) atoms. The molecule has 2 aromatic rings. The molecule has 150 valence electrons. The summed E-state index contributed by atoms with van der Waals surface area (Å²) in [5.41, 5.74) is 7.00. The van der Waals surface area contributed by atoms with Gasteiger partial charge in [0.1, 0.15) is 5.69 Å². The lowest BCUT2D eigenvalue weighted by Crippen LogP contribution is -2.24. The van der Waals surface area contributed by atoms with Crippen LogP contribution in [-0.4, -0.2) is 23.8 Å². The van der Waals surface area contributed by atoms with Gasteiger partial charge in [-0.05, 0) is 49.6 Å². The highest BCUT2D eigenvalue weighted by Gasteiger charge is 2.15. The number of nitrogens with two attached hydrogens (primary N) is 1. The minimum absolute atomic E-state index is 0.319. The standard InChI is InChI=1S/C15H20ClNO.C7H8N2O/c16-14-7-4-8-15(11-14)17(12-18)10-9-13-5-2-1-3-6-13;1-5-3-2-4-6(9-5)7(8)10/h4,7-8,11-13H,1-3,5-6,9-10H2;2-4H,1H3,(H2,8,10). The van der Waals surface area contributed by atoms with E-state index in [-0.39, 0.29) is 0 Å². The van der Waals surface area contributed by atoms with Crippen LogP contribution in [0, 0.1) is 12.8 Å². The van der Waals surface area contributed by atoms with Gasteiger partial charge in [0, 0.05) is 22.9 Å². The van der Waals surface area contributed by atoms with E-state index in [0.29, 0.717) is 10.7 Å². The highest BCUT2D eigenvalue weighted by atomic mass is 35.5. The number of pyridine rings is 1. The van der Waals surface area contributed by atoms with E-state index in [4.69, 9.17) is 17.3 Å². The van der Waals surface area contributed by atoms with E-state index in [1.807, 2.05) is 37.3 Å². The van der Waals surface area contributed by atoms with E-state index < -0.39 is 5.91 Å². The highest BCUT2D eigenvalue weighted by molar-refractivity contribution is 6.30. The average molecular weight is 402 g/mol. The molecule has 2 N–H and O–H groups in total. The van der Waals surface area contributed by atoms with Crippen LogP contribution >= 0.6 is 11.6 Å². The maximum Gasteiger partial charge on any atom is 0.267 e. The van der Waals surface area contributed by atoms with Gasteiger partial charge in [0.2, 0.25) is 6.41 Å². The van der Waals surface area contributed by atoms with Crippen molar-refractivity contribution in [3.05, 3.63) is 58.9 Å².